The second-order valence-corrected chi connectivity index (χ2v) is 5.70. The summed E-state index contributed by atoms with van der Waals surface area (Å²) in [7, 11) is 0. The molecule has 2 aromatic rings. The molecule has 2 heterocycles. The van der Waals surface area contributed by atoms with Crippen LogP contribution in [0, 0.1) is 0 Å². The molecule has 2 aliphatic rings. The number of anilines is 2. The van der Waals surface area contributed by atoms with Crippen molar-refractivity contribution < 1.29 is 23.3 Å². The van der Waals surface area contributed by atoms with E-state index in [0.717, 1.165) is 24.5 Å². The van der Waals surface area contributed by atoms with Crippen LogP contribution in [0.15, 0.2) is 48.5 Å². The van der Waals surface area contributed by atoms with Crippen LogP contribution in [0.5, 0.6) is 5.75 Å². The Bertz CT molecular complexity index is 593. The van der Waals surface area contributed by atoms with Gasteiger partial charge in [-0.3, -0.25) is 0 Å². The summed E-state index contributed by atoms with van der Waals surface area (Å²) in [4.78, 5) is 2.39. The number of benzene rings is 2. The molecule has 113 valence electrons. The minimum atomic E-state index is 0. The largest absolute Gasteiger partial charge is 0.658 e. The van der Waals surface area contributed by atoms with Crippen molar-refractivity contribution in [3.63, 3.8) is 0 Å². The molecule has 1 radical (unpaired) electrons. The second kappa shape index (κ2) is 6.78. The van der Waals surface area contributed by atoms with Gasteiger partial charge in [-0.25, -0.2) is 0 Å². The van der Waals surface area contributed by atoms with E-state index >= 15 is 0 Å². The summed E-state index contributed by atoms with van der Waals surface area (Å²) in [5.41, 5.74) is 3.65. The average molecular weight is 330 g/mol. The van der Waals surface area contributed by atoms with Gasteiger partial charge in [-0.2, -0.15) is 0 Å². The molecule has 1 unspecified atom stereocenters. The Labute approximate surface area is 143 Å². The summed E-state index contributed by atoms with van der Waals surface area (Å²) in [5, 5.41) is 4.72. The van der Waals surface area contributed by atoms with E-state index in [1.54, 1.807) is 0 Å². The Morgan fingerprint density at radius 3 is 2.64 bits per heavy atom. The van der Waals surface area contributed by atoms with Crippen molar-refractivity contribution in [2.75, 3.05) is 18.0 Å². The molecular weight excluding hydrogens is 311 g/mol. The van der Waals surface area contributed by atoms with Gasteiger partial charge in [-0.1, -0.05) is 43.2 Å². The zero-order valence-corrected chi connectivity index (χ0v) is 13.9. The number of hydrogen-bond donors (Lipinski definition) is 0. The fraction of sp³-hybridized carbons (Fsp3) is 0.333. The van der Waals surface area contributed by atoms with E-state index < -0.39 is 0 Å². The van der Waals surface area contributed by atoms with Crippen molar-refractivity contribution in [3.8, 4) is 5.75 Å². The SMILES string of the molecule is [V].c1ccc2c(c1)COc1ccccc1N2CC1CCC[N-]1. The van der Waals surface area contributed by atoms with E-state index in [4.69, 9.17) is 10.1 Å². The van der Waals surface area contributed by atoms with Gasteiger partial charge in [-0.05, 0) is 18.2 Å². The van der Waals surface area contributed by atoms with Gasteiger partial charge in [0.05, 0.1) is 5.69 Å². The van der Waals surface area contributed by atoms with Gasteiger partial charge in [0.15, 0.2) is 0 Å². The molecule has 4 rings (SSSR count). The van der Waals surface area contributed by atoms with Crippen molar-refractivity contribution >= 4 is 11.4 Å². The summed E-state index contributed by atoms with van der Waals surface area (Å²) >= 11 is 0. The minimum absolute atomic E-state index is 0. The molecule has 0 amide bonds. The van der Waals surface area contributed by atoms with Crippen molar-refractivity contribution in [1.82, 2.24) is 0 Å². The summed E-state index contributed by atoms with van der Waals surface area (Å²) in [5.74, 6) is 0.965. The van der Waals surface area contributed by atoms with E-state index in [1.165, 1.54) is 24.1 Å². The molecule has 0 spiro atoms. The predicted octanol–water partition coefficient (Wildman–Crippen LogP) is 4.25. The third-order valence-electron chi connectivity index (χ3n) is 4.30. The molecule has 0 N–H and O–H groups in total. The molecule has 4 heteroatoms. The molecule has 22 heavy (non-hydrogen) atoms. The van der Waals surface area contributed by atoms with Crippen LogP contribution in [-0.4, -0.2) is 19.1 Å². The normalized spacial score (nSPS) is 19.5. The molecule has 0 saturated carbocycles. The Kier molecular flexibility index (Phi) is 4.77. The number of nitrogens with zero attached hydrogens (tertiary/aromatic N) is 2. The number of fused-ring (bicyclic) bond motifs is 2. The number of hydrogen-bond acceptors (Lipinski definition) is 2. The van der Waals surface area contributed by atoms with Gasteiger partial charge in [0.1, 0.15) is 12.4 Å². The van der Waals surface area contributed by atoms with Crippen LogP contribution in [0.1, 0.15) is 18.4 Å². The molecule has 1 saturated heterocycles. The second-order valence-electron chi connectivity index (χ2n) is 5.70. The van der Waals surface area contributed by atoms with Crippen LogP contribution in [0.4, 0.5) is 11.4 Å². The van der Waals surface area contributed by atoms with Crippen LogP contribution < -0.4 is 9.64 Å². The van der Waals surface area contributed by atoms with Crippen LogP contribution in [0.25, 0.3) is 5.32 Å². The van der Waals surface area contributed by atoms with Gasteiger partial charge >= 0.3 is 0 Å². The number of ether oxygens (including phenoxy) is 1. The summed E-state index contributed by atoms with van der Waals surface area (Å²) < 4.78 is 6.00. The monoisotopic (exact) mass is 330 g/mol. The van der Waals surface area contributed by atoms with E-state index in [1.807, 2.05) is 6.07 Å². The van der Waals surface area contributed by atoms with E-state index in [-0.39, 0.29) is 18.6 Å². The average Bonchev–Trinajstić information content (AvgIpc) is 2.99. The molecule has 1 atom stereocenters. The van der Waals surface area contributed by atoms with Gasteiger partial charge in [-0.15, -0.1) is 12.6 Å². The topological polar surface area (TPSA) is 26.6 Å². The Morgan fingerprint density at radius 2 is 1.82 bits per heavy atom. The minimum Gasteiger partial charge on any atom is -0.658 e. The first kappa shape index (κ1) is 15.5. The zero-order chi connectivity index (χ0) is 14.1. The fourth-order valence-corrected chi connectivity index (χ4v) is 3.23. The van der Waals surface area contributed by atoms with Crippen LogP contribution in [0.2, 0.25) is 0 Å². The van der Waals surface area contributed by atoms with E-state index in [9.17, 15) is 0 Å². The van der Waals surface area contributed by atoms with Crippen molar-refractivity contribution in [2.45, 2.75) is 25.5 Å². The first-order valence-electron chi connectivity index (χ1n) is 7.66. The van der Waals surface area contributed by atoms with Crippen LogP contribution >= 0.6 is 0 Å². The van der Waals surface area contributed by atoms with E-state index in [0.29, 0.717) is 12.6 Å². The maximum absolute atomic E-state index is 6.00. The molecule has 1 fully saturated rings. The van der Waals surface area contributed by atoms with Crippen LogP contribution in [-0.2, 0) is 25.2 Å². The van der Waals surface area contributed by atoms with Gasteiger partial charge in [0.2, 0.25) is 0 Å². The maximum Gasteiger partial charge on any atom is 0.143 e. The third kappa shape index (κ3) is 2.89. The Hall–Kier alpha value is -1.42. The maximum atomic E-state index is 6.00. The number of rotatable bonds is 2. The van der Waals surface area contributed by atoms with Crippen molar-refractivity contribution in [2.24, 2.45) is 0 Å². The molecule has 0 aliphatic carbocycles. The first-order chi connectivity index (χ1) is 10.4. The molecule has 3 nitrogen and oxygen atoms in total. The number of para-hydroxylation sites is 3. The fourth-order valence-electron chi connectivity index (χ4n) is 3.23. The molecule has 0 aromatic heterocycles. The summed E-state index contributed by atoms with van der Waals surface area (Å²) in [6, 6.07) is 17.3. The quantitative estimate of drug-likeness (QED) is 0.823. The van der Waals surface area contributed by atoms with Crippen molar-refractivity contribution in [1.29, 1.82) is 0 Å². The van der Waals surface area contributed by atoms with Crippen LogP contribution in [0.3, 0.4) is 0 Å². The van der Waals surface area contributed by atoms with Gasteiger partial charge in [0, 0.05) is 36.4 Å². The predicted molar refractivity (Wildman–Crippen MR) is 85.5 cm³/mol. The molecule has 2 aliphatic heterocycles. The first-order valence-corrected chi connectivity index (χ1v) is 7.66. The van der Waals surface area contributed by atoms with Gasteiger partial charge in [0.25, 0.3) is 0 Å². The zero-order valence-electron chi connectivity index (χ0n) is 12.5. The van der Waals surface area contributed by atoms with Crippen molar-refractivity contribution in [3.05, 3.63) is 59.4 Å². The molecule has 0 bridgehead atoms. The smallest absolute Gasteiger partial charge is 0.143 e. The Morgan fingerprint density at radius 1 is 1.05 bits per heavy atom. The Balaban J connectivity index is 0.00000144. The summed E-state index contributed by atoms with van der Waals surface area (Å²) in [6.45, 7) is 2.58. The van der Waals surface area contributed by atoms with Gasteiger partial charge < -0.3 is 15.0 Å². The third-order valence-corrected chi connectivity index (χ3v) is 4.30. The molecule has 2 aromatic carbocycles. The standard InChI is InChI=1S/C18H19N2O.V/c1-2-8-16-14(6-1)13-21-18-10-4-3-9-17(18)20(16)12-15-7-5-11-19-15;/h1-4,6,8-10,15H,5,7,11-13H2;/q-1;. The summed E-state index contributed by atoms with van der Waals surface area (Å²) in [6.07, 6.45) is 2.42. The molecular formula is C18H19N2OV-. The van der Waals surface area contributed by atoms with E-state index in [2.05, 4.69) is 47.4 Å².